The van der Waals surface area contributed by atoms with Crippen LogP contribution in [0.25, 0.3) is 0 Å². The Kier molecular flexibility index (Phi) is 9.94. The molecular weight excluding hydrogens is 245 g/mol. The number of methoxy groups -OCH3 is 1. The van der Waals surface area contributed by atoms with Crippen molar-refractivity contribution in [2.24, 2.45) is 0 Å². The van der Waals surface area contributed by atoms with Crippen LogP contribution in [-0.2, 0) is 4.74 Å². The molecule has 104 valence electrons. The first-order chi connectivity index (χ1) is 8.25. The topological polar surface area (TPSA) is 26.3 Å². The molecule has 5 heteroatoms. The van der Waals surface area contributed by atoms with Gasteiger partial charge in [0.1, 0.15) is 0 Å². The molecule has 0 saturated heterocycles. The molecule has 0 heterocycles. The number of carbonyl (C=O) groups is 1. The molecule has 0 aliphatic rings. The van der Waals surface area contributed by atoms with E-state index in [1.165, 1.54) is 7.11 Å². The Labute approximate surface area is 106 Å². The summed E-state index contributed by atoms with van der Waals surface area (Å²) >= 11 is 0. The van der Waals surface area contributed by atoms with E-state index < -0.39 is 6.18 Å². The Bertz CT molecular complexity index is 340. The number of esters is 1. The van der Waals surface area contributed by atoms with Gasteiger partial charge in [0, 0.05) is 6.92 Å². The monoisotopic (exact) mass is 264 g/mol. The van der Waals surface area contributed by atoms with Crippen molar-refractivity contribution in [2.45, 2.75) is 33.9 Å². The van der Waals surface area contributed by atoms with Gasteiger partial charge < -0.3 is 4.74 Å². The number of hydrogen-bond acceptors (Lipinski definition) is 2. The highest BCUT2D eigenvalue weighted by atomic mass is 19.4. The van der Waals surface area contributed by atoms with Crippen LogP contribution in [0.15, 0.2) is 24.3 Å². The van der Waals surface area contributed by atoms with Crippen LogP contribution in [0.1, 0.15) is 36.7 Å². The third kappa shape index (κ3) is 11.0. The number of carbonyl (C=O) groups excluding carboxylic acids is 1. The number of aryl methyl sites for hydroxylation is 1. The van der Waals surface area contributed by atoms with Gasteiger partial charge in [-0.1, -0.05) is 32.0 Å². The van der Waals surface area contributed by atoms with Crippen molar-refractivity contribution in [1.82, 2.24) is 0 Å². The highest BCUT2D eigenvalue weighted by molar-refractivity contribution is 5.90. The molecule has 0 unspecified atom stereocenters. The van der Waals surface area contributed by atoms with Crippen molar-refractivity contribution < 1.29 is 22.7 Å². The zero-order chi connectivity index (χ0) is 14.8. The maximum atomic E-state index is 11.0. The van der Waals surface area contributed by atoms with Gasteiger partial charge in [-0.3, -0.25) is 0 Å². The molecule has 18 heavy (non-hydrogen) atoms. The Balaban J connectivity index is 0. The Morgan fingerprint density at radius 3 is 1.89 bits per heavy atom. The molecule has 0 aliphatic carbocycles. The molecule has 0 fully saturated rings. The van der Waals surface area contributed by atoms with Crippen molar-refractivity contribution >= 4 is 5.97 Å². The average Bonchev–Trinajstić information content (AvgIpc) is 2.29. The van der Waals surface area contributed by atoms with Crippen molar-refractivity contribution in [3.63, 3.8) is 0 Å². The van der Waals surface area contributed by atoms with Crippen LogP contribution < -0.4 is 0 Å². The summed E-state index contributed by atoms with van der Waals surface area (Å²) in [6.45, 7) is 6.07. The Hall–Kier alpha value is -1.52. The number of alkyl halides is 3. The van der Waals surface area contributed by atoms with Crippen LogP contribution in [0.2, 0.25) is 0 Å². The summed E-state index contributed by atoms with van der Waals surface area (Å²) < 4.78 is 35.6. The van der Waals surface area contributed by atoms with Crippen molar-refractivity contribution in [1.29, 1.82) is 0 Å². The molecule has 0 amide bonds. The minimum absolute atomic E-state index is 0.188. The van der Waals surface area contributed by atoms with E-state index >= 15 is 0 Å². The SMILES string of the molecule is CC.CC(F)(F)F.COC(=O)c1ccccc1C. The van der Waals surface area contributed by atoms with Crippen LogP contribution in [0.5, 0.6) is 0 Å². The maximum absolute atomic E-state index is 11.0. The molecule has 0 radical (unpaired) electrons. The van der Waals surface area contributed by atoms with Crippen molar-refractivity contribution in [2.75, 3.05) is 7.11 Å². The summed E-state index contributed by atoms with van der Waals surface area (Å²) in [6.07, 6.45) is -4.00. The predicted octanol–water partition coefficient (Wildman–Crippen LogP) is 4.38. The van der Waals surface area contributed by atoms with Crippen LogP contribution in [0.3, 0.4) is 0 Å². The molecule has 1 rings (SSSR count). The highest BCUT2D eigenvalue weighted by Crippen LogP contribution is 2.10. The van der Waals surface area contributed by atoms with Gasteiger partial charge in [-0.05, 0) is 18.6 Å². The molecule has 0 spiro atoms. The minimum atomic E-state index is -4.00. The van der Waals surface area contributed by atoms with E-state index in [0.717, 1.165) is 5.56 Å². The fourth-order valence-corrected chi connectivity index (χ4v) is 0.912. The Morgan fingerprint density at radius 1 is 1.17 bits per heavy atom. The highest BCUT2D eigenvalue weighted by Gasteiger charge is 2.15. The molecule has 0 saturated carbocycles. The summed E-state index contributed by atoms with van der Waals surface area (Å²) in [5.41, 5.74) is 1.58. The molecule has 2 nitrogen and oxygen atoms in total. The fourth-order valence-electron chi connectivity index (χ4n) is 0.912. The Morgan fingerprint density at radius 2 is 1.56 bits per heavy atom. The van der Waals surface area contributed by atoms with E-state index in [2.05, 4.69) is 4.74 Å². The van der Waals surface area contributed by atoms with Crippen LogP contribution >= 0.6 is 0 Å². The van der Waals surface area contributed by atoms with Crippen molar-refractivity contribution in [3.05, 3.63) is 35.4 Å². The van der Waals surface area contributed by atoms with Gasteiger partial charge in [0.05, 0.1) is 12.7 Å². The lowest BCUT2D eigenvalue weighted by Gasteiger charge is -2.00. The number of hydrogen-bond donors (Lipinski definition) is 0. The van der Waals surface area contributed by atoms with Crippen LogP contribution in [0.4, 0.5) is 13.2 Å². The third-order valence-electron chi connectivity index (χ3n) is 1.55. The maximum Gasteiger partial charge on any atom is 0.386 e. The van der Waals surface area contributed by atoms with Gasteiger partial charge in [0.25, 0.3) is 0 Å². The summed E-state index contributed by atoms with van der Waals surface area (Å²) in [5, 5.41) is 0. The molecule has 1 aromatic rings. The molecule has 0 atom stereocenters. The first-order valence-corrected chi connectivity index (χ1v) is 5.46. The van der Waals surface area contributed by atoms with E-state index in [-0.39, 0.29) is 12.9 Å². The molecule has 0 aliphatic heterocycles. The number of ether oxygens (including phenoxy) is 1. The van der Waals surface area contributed by atoms with Crippen LogP contribution in [0, 0.1) is 6.92 Å². The van der Waals surface area contributed by atoms with E-state index in [0.29, 0.717) is 5.56 Å². The predicted molar refractivity (Wildman–Crippen MR) is 65.6 cm³/mol. The number of benzene rings is 1. The second kappa shape index (κ2) is 9.50. The summed E-state index contributed by atoms with van der Waals surface area (Å²) in [7, 11) is 1.38. The average molecular weight is 264 g/mol. The summed E-state index contributed by atoms with van der Waals surface area (Å²) in [5.74, 6) is -0.275. The standard InChI is InChI=1S/C9H10O2.C2H3F3.C2H6/c1-7-5-3-4-6-8(7)9(10)11-2;1-2(3,4)5;1-2/h3-6H,1-2H3;1H3;1-2H3. The second-order valence-electron chi connectivity index (χ2n) is 3.09. The van der Waals surface area contributed by atoms with Gasteiger partial charge in [-0.25, -0.2) is 4.79 Å². The number of rotatable bonds is 1. The first kappa shape index (κ1) is 18.8. The molecule has 0 bridgehead atoms. The van der Waals surface area contributed by atoms with Gasteiger partial charge >= 0.3 is 12.1 Å². The smallest absolute Gasteiger partial charge is 0.386 e. The molecule has 1 aromatic carbocycles. The second-order valence-corrected chi connectivity index (χ2v) is 3.09. The van der Waals surface area contributed by atoms with E-state index in [4.69, 9.17) is 0 Å². The summed E-state index contributed by atoms with van der Waals surface area (Å²) in [6, 6.07) is 7.34. The number of halogens is 3. The summed E-state index contributed by atoms with van der Waals surface area (Å²) in [4.78, 5) is 11.0. The fraction of sp³-hybridized carbons (Fsp3) is 0.462. The largest absolute Gasteiger partial charge is 0.465 e. The lowest BCUT2D eigenvalue weighted by molar-refractivity contribution is -0.110. The molecule has 0 aromatic heterocycles. The lowest BCUT2D eigenvalue weighted by Crippen LogP contribution is -2.02. The van der Waals surface area contributed by atoms with Gasteiger partial charge in [0.2, 0.25) is 0 Å². The molecular formula is C13H19F3O2. The van der Waals surface area contributed by atoms with Crippen LogP contribution in [-0.4, -0.2) is 19.3 Å². The van der Waals surface area contributed by atoms with Gasteiger partial charge in [0.15, 0.2) is 0 Å². The van der Waals surface area contributed by atoms with E-state index in [9.17, 15) is 18.0 Å². The first-order valence-electron chi connectivity index (χ1n) is 5.46. The minimum Gasteiger partial charge on any atom is -0.465 e. The van der Waals surface area contributed by atoms with E-state index in [1.807, 2.05) is 39.0 Å². The lowest BCUT2D eigenvalue weighted by atomic mass is 10.1. The quantitative estimate of drug-likeness (QED) is 0.704. The normalized spacial score (nSPS) is 9.33. The van der Waals surface area contributed by atoms with Gasteiger partial charge in [-0.2, -0.15) is 13.2 Å². The molecule has 0 N–H and O–H groups in total. The zero-order valence-corrected chi connectivity index (χ0v) is 11.3. The van der Waals surface area contributed by atoms with Crippen molar-refractivity contribution in [3.8, 4) is 0 Å². The van der Waals surface area contributed by atoms with Gasteiger partial charge in [-0.15, -0.1) is 0 Å². The zero-order valence-electron chi connectivity index (χ0n) is 11.3. The van der Waals surface area contributed by atoms with E-state index in [1.54, 1.807) is 6.07 Å². The third-order valence-corrected chi connectivity index (χ3v) is 1.55.